The van der Waals surface area contributed by atoms with Gasteiger partial charge in [0.1, 0.15) is 5.75 Å². The molecule has 2 heterocycles. The Kier molecular flexibility index (Phi) is 9.48. The van der Waals surface area contributed by atoms with Crippen LogP contribution in [0.1, 0.15) is 38.2 Å². The molecule has 2 aliphatic heterocycles. The highest BCUT2D eigenvalue weighted by Gasteiger charge is 2.30. The second-order valence-corrected chi connectivity index (χ2v) is 8.01. The van der Waals surface area contributed by atoms with Crippen LogP contribution in [0.15, 0.2) is 36.4 Å². The lowest BCUT2D eigenvalue weighted by Gasteiger charge is -2.35. The molecule has 0 N–H and O–H groups in total. The highest BCUT2D eigenvalue weighted by atomic mass is 16.6. The Hall–Kier alpha value is -1.40. The molecule has 0 bridgehead atoms. The first-order valence-corrected chi connectivity index (χ1v) is 11.0. The third kappa shape index (κ3) is 7.74. The summed E-state index contributed by atoms with van der Waals surface area (Å²) in [5, 5.41) is 0. The number of benzene rings is 1. The number of hydrogen-bond donors (Lipinski definition) is 0. The third-order valence-electron chi connectivity index (χ3n) is 5.56. The maximum atomic E-state index is 6.00. The first kappa shape index (κ1) is 22.3. The van der Waals surface area contributed by atoms with E-state index < -0.39 is 0 Å². The summed E-state index contributed by atoms with van der Waals surface area (Å²) >= 11 is 0. The second kappa shape index (κ2) is 12.3. The van der Waals surface area contributed by atoms with Crippen LogP contribution in [0.4, 0.5) is 0 Å². The van der Waals surface area contributed by atoms with Crippen LogP contribution in [0.25, 0.3) is 0 Å². The monoisotopic (exact) mass is 404 g/mol. The number of allylic oxidation sites excluding steroid dienone is 2. The number of methoxy groups -OCH3 is 1. The zero-order valence-electron chi connectivity index (χ0n) is 17.9. The molecule has 0 saturated carbocycles. The fourth-order valence-electron chi connectivity index (χ4n) is 4.04. The summed E-state index contributed by atoms with van der Waals surface area (Å²) in [5.74, 6) is 1.43. The van der Waals surface area contributed by atoms with E-state index in [-0.39, 0.29) is 18.3 Å². The van der Waals surface area contributed by atoms with E-state index in [9.17, 15) is 0 Å². The molecule has 4 atom stereocenters. The van der Waals surface area contributed by atoms with Gasteiger partial charge >= 0.3 is 0 Å². The Labute approximate surface area is 175 Å². The van der Waals surface area contributed by atoms with Gasteiger partial charge < -0.3 is 23.7 Å². The van der Waals surface area contributed by atoms with Crippen molar-refractivity contribution in [2.45, 2.75) is 57.3 Å². The van der Waals surface area contributed by atoms with Crippen LogP contribution < -0.4 is 4.74 Å². The quantitative estimate of drug-likeness (QED) is 0.432. The van der Waals surface area contributed by atoms with Crippen LogP contribution in [0, 0.1) is 5.92 Å². The lowest BCUT2D eigenvalue weighted by atomic mass is 9.98. The lowest BCUT2D eigenvalue weighted by molar-refractivity contribution is -0.169. The summed E-state index contributed by atoms with van der Waals surface area (Å²) in [4.78, 5) is 0. The molecule has 1 aromatic rings. The fourth-order valence-corrected chi connectivity index (χ4v) is 4.04. The molecule has 0 radical (unpaired) electrons. The molecule has 2 aliphatic rings. The summed E-state index contributed by atoms with van der Waals surface area (Å²) in [6.07, 6.45) is 10.1. The molecule has 0 spiro atoms. The molecule has 29 heavy (non-hydrogen) atoms. The number of rotatable bonds is 10. The molecule has 5 heteroatoms. The van der Waals surface area contributed by atoms with E-state index in [4.69, 9.17) is 23.7 Å². The van der Waals surface area contributed by atoms with Crippen molar-refractivity contribution in [3.05, 3.63) is 42.0 Å². The molecule has 0 aromatic heterocycles. The summed E-state index contributed by atoms with van der Waals surface area (Å²) in [5.41, 5.74) is 1.31. The van der Waals surface area contributed by atoms with E-state index in [1.807, 2.05) is 6.07 Å². The largest absolute Gasteiger partial charge is 0.497 e. The van der Waals surface area contributed by atoms with Crippen molar-refractivity contribution < 1.29 is 23.7 Å². The van der Waals surface area contributed by atoms with E-state index in [0.29, 0.717) is 39.0 Å². The van der Waals surface area contributed by atoms with Gasteiger partial charge in [0.05, 0.1) is 58.5 Å². The average Bonchev–Trinajstić information content (AvgIpc) is 2.75. The van der Waals surface area contributed by atoms with Gasteiger partial charge in [-0.05, 0) is 49.3 Å². The van der Waals surface area contributed by atoms with Gasteiger partial charge in [-0.15, -0.1) is 0 Å². The van der Waals surface area contributed by atoms with Crippen molar-refractivity contribution in [2.75, 3.05) is 40.1 Å². The van der Waals surface area contributed by atoms with Crippen LogP contribution in [0.2, 0.25) is 0 Å². The topological polar surface area (TPSA) is 46.2 Å². The van der Waals surface area contributed by atoms with Gasteiger partial charge in [-0.3, -0.25) is 0 Å². The molecule has 162 valence electrons. The number of ether oxygens (including phenoxy) is 5. The normalized spacial score (nSPS) is 26.5. The minimum Gasteiger partial charge on any atom is -0.497 e. The van der Waals surface area contributed by atoms with E-state index in [2.05, 4.69) is 37.3 Å². The highest BCUT2D eigenvalue weighted by molar-refractivity contribution is 5.28. The van der Waals surface area contributed by atoms with E-state index in [1.165, 1.54) is 5.56 Å². The molecular weight excluding hydrogens is 368 g/mol. The van der Waals surface area contributed by atoms with Crippen LogP contribution in [-0.2, 0) is 25.4 Å². The predicted molar refractivity (Wildman–Crippen MR) is 114 cm³/mol. The Balaban J connectivity index is 1.36. The Bertz CT molecular complexity index is 611. The van der Waals surface area contributed by atoms with E-state index >= 15 is 0 Å². The van der Waals surface area contributed by atoms with Gasteiger partial charge in [0.2, 0.25) is 0 Å². The minimum absolute atomic E-state index is 0.117. The van der Waals surface area contributed by atoms with Gasteiger partial charge in [0, 0.05) is 6.42 Å². The van der Waals surface area contributed by atoms with Crippen LogP contribution in [0.5, 0.6) is 5.75 Å². The SMILES string of the molecule is COc1cccc(CC(C)C=CCCCC2OCCOC2CC2COCCO2)c1. The van der Waals surface area contributed by atoms with Crippen molar-refractivity contribution in [1.82, 2.24) is 0 Å². The standard InChI is InChI=1S/C24H36O5/c1-19(15-20-8-6-9-21(16-20)25-2)7-4-3-5-10-23-24(29-14-13-28-23)17-22-18-26-11-12-27-22/h4,6-9,16,19,22-24H,3,5,10-15,17-18H2,1-2H3. The van der Waals surface area contributed by atoms with Crippen molar-refractivity contribution in [3.63, 3.8) is 0 Å². The van der Waals surface area contributed by atoms with Gasteiger partial charge in [-0.1, -0.05) is 31.2 Å². The zero-order valence-corrected chi connectivity index (χ0v) is 17.9. The van der Waals surface area contributed by atoms with E-state index in [1.54, 1.807) is 7.11 Å². The predicted octanol–water partition coefficient (Wildman–Crippen LogP) is 4.19. The molecule has 5 nitrogen and oxygen atoms in total. The van der Waals surface area contributed by atoms with Gasteiger partial charge in [-0.2, -0.15) is 0 Å². The first-order valence-electron chi connectivity index (χ1n) is 11.0. The van der Waals surface area contributed by atoms with Crippen LogP contribution >= 0.6 is 0 Å². The molecule has 0 amide bonds. The van der Waals surface area contributed by atoms with Crippen molar-refractivity contribution in [1.29, 1.82) is 0 Å². The maximum absolute atomic E-state index is 6.00. The van der Waals surface area contributed by atoms with Crippen LogP contribution in [-0.4, -0.2) is 58.5 Å². The Morgan fingerprint density at radius 2 is 1.93 bits per heavy atom. The summed E-state index contributed by atoms with van der Waals surface area (Å²) < 4.78 is 28.6. The smallest absolute Gasteiger partial charge is 0.119 e. The third-order valence-corrected chi connectivity index (χ3v) is 5.56. The van der Waals surface area contributed by atoms with Crippen molar-refractivity contribution >= 4 is 0 Å². The molecular formula is C24H36O5. The number of hydrogen-bond acceptors (Lipinski definition) is 5. The Morgan fingerprint density at radius 3 is 2.72 bits per heavy atom. The molecule has 1 aromatic carbocycles. The zero-order chi connectivity index (χ0) is 20.3. The van der Waals surface area contributed by atoms with E-state index in [0.717, 1.165) is 37.9 Å². The lowest BCUT2D eigenvalue weighted by Crippen LogP contribution is -2.43. The van der Waals surface area contributed by atoms with Crippen molar-refractivity contribution in [3.8, 4) is 5.75 Å². The average molecular weight is 405 g/mol. The first-order chi connectivity index (χ1) is 14.2. The Morgan fingerprint density at radius 1 is 1.10 bits per heavy atom. The molecule has 2 fully saturated rings. The number of unbranched alkanes of at least 4 members (excludes halogenated alkanes) is 1. The fraction of sp³-hybridized carbons (Fsp3) is 0.667. The second-order valence-electron chi connectivity index (χ2n) is 8.01. The van der Waals surface area contributed by atoms with Crippen molar-refractivity contribution in [2.24, 2.45) is 5.92 Å². The molecule has 3 rings (SSSR count). The minimum atomic E-state index is 0.117. The maximum Gasteiger partial charge on any atom is 0.119 e. The molecule has 0 aliphatic carbocycles. The van der Waals surface area contributed by atoms with Crippen LogP contribution in [0.3, 0.4) is 0 Å². The van der Waals surface area contributed by atoms with Gasteiger partial charge in [-0.25, -0.2) is 0 Å². The summed E-state index contributed by atoms with van der Waals surface area (Å²) in [6.45, 7) is 5.68. The highest BCUT2D eigenvalue weighted by Crippen LogP contribution is 2.23. The van der Waals surface area contributed by atoms with Gasteiger partial charge in [0.25, 0.3) is 0 Å². The molecule has 4 unspecified atom stereocenters. The van der Waals surface area contributed by atoms with Gasteiger partial charge in [0.15, 0.2) is 0 Å². The summed E-state index contributed by atoms with van der Waals surface area (Å²) in [6, 6.07) is 8.32. The molecule has 2 saturated heterocycles. The summed E-state index contributed by atoms with van der Waals surface area (Å²) in [7, 11) is 1.71.